The molecule has 0 bridgehead atoms. The third-order valence-electron chi connectivity index (χ3n) is 3.27. The molecule has 1 aliphatic heterocycles. The first-order valence-corrected chi connectivity index (χ1v) is 6.08. The van der Waals surface area contributed by atoms with Crippen molar-refractivity contribution in [2.45, 2.75) is 44.2 Å². The van der Waals surface area contributed by atoms with E-state index in [1.165, 1.54) is 0 Å². The van der Waals surface area contributed by atoms with Gasteiger partial charge in [0.25, 0.3) is 0 Å². The molecule has 0 radical (unpaired) electrons. The van der Waals surface area contributed by atoms with Crippen LogP contribution < -0.4 is 11.3 Å². The third kappa shape index (κ3) is 3.28. The van der Waals surface area contributed by atoms with Crippen LogP contribution in [0.2, 0.25) is 0 Å². The minimum absolute atomic E-state index is 0.162. The first-order valence-electron chi connectivity index (χ1n) is 6.08. The maximum atomic E-state index is 5.96. The summed E-state index contributed by atoms with van der Waals surface area (Å²) in [5.74, 6) is 5.65. The molecule has 1 unspecified atom stereocenters. The van der Waals surface area contributed by atoms with Crippen LogP contribution in [0.3, 0.4) is 0 Å². The third-order valence-corrected chi connectivity index (χ3v) is 3.27. The molecule has 0 aromatic heterocycles. The van der Waals surface area contributed by atoms with E-state index in [1.807, 2.05) is 13.0 Å². The van der Waals surface area contributed by atoms with Crippen molar-refractivity contribution in [3.05, 3.63) is 12.7 Å². The van der Waals surface area contributed by atoms with E-state index in [0.717, 1.165) is 38.9 Å². The summed E-state index contributed by atoms with van der Waals surface area (Å²) >= 11 is 0. The van der Waals surface area contributed by atoms with Gasteiger partial charge < -0.3 is 9.47 Å². The summed E-state index contributed by atoms with van der Waals surface area (Å²) in [6.45, 7) is 8.00. The molecule has 0 saturated carbocycles. The van der Waals surface area contributed by atoms with Crippen molar-refractivity contribution in [1.82, 2.24) is 5.43 Å². The van der Waals surface area contributed by atoms with Crippen LogP contribution in [-0.2, 0) is 9.47 Å². The summed E-state index contributed by atoms with van der Waals surface area (Å²) in [5, 5.41) is 0. The Labute approximate surface area is 98.1 Å². The van der Waals surface area contributed by atoms with E-state index in [4.69, 9.17) is 15.3 Å². The second kappa shape index (κ2) is 7.01. The molecule has 16 heavy (non-hydrogen) atoms. The number of allylic oxidation sites excluding steroid dienone is 1. The van der Waals surface area contributed by atoms with Crippen LogP contribution in [0.25, 0.3) is 0 Å². The molecule has 0 aromatic carbocycles. The fourth-order valence-corrected chi connectivity index (χ4v) is 2.38. The first-order chi connectivity index (χ1) is 7.79. The highest BCUT2D eigenvalue weighted by molar-refractivity contribution is 4.95. The van der Waals surface area contributed by atoms with Crippen molar-refractivity contribution in [3.8, 4) is 0 Å². The number of hydrogen-bond acceptors (Lipinski definition) is 4. The van der Waals surface area contributed by atoms with Crippen LogP contribution in [0, 0.1) is 0 Å². The SMILES string of the molecule is C=CCCC(NN)C1(OCC)CCOCC1. The normalized spacial score (nSPS) is 21.6. The molecule has 1 atom stereocenters. The van der Waals surface area contributed by atoms with Gasteiger partial charge in [0.2, 0.25) is 0 Å². The highest BCUT2D eigenvalue weighted by Gasteiger charge is 2.40. The topological polar surface area (TPSA) is 56.5 Å². The van der Waals surface area contributed by atoms with Crippen LogP contribution in [-0.4, -0.2) is 31.5 Å². The quantitative estimate of drug-likeness (QED) is 0.392. The molecule has 1 saturated heterocycles. The Morgan fingerprint density at radius 2 is 2.25 bits per heavy atom. The fraction of sp³-hybridized carbons (Fsp3) is 0.833. The lowest BCUT2D eigenvalue weighted by Gasteiger charge is -2.42. The van der Waals surface area contributed by atoms with Crippen LogP contribution in [0.15, 0.2) is 12.7 Å². The van der Waals surface area contributed by atoms with Crippen molar-refractivity contribution >= 4 is 0 Å². The Bertz CT molecular complexity index is 198. The van der Waals surface area contributed by atoms with Gasteiger partial charge in [-0.3, -0.25) is 11.3 Å². The average molecular weight is 228 g/mol. The van der Waals surface area contributed by atoms with Gasteiger partial charge in [0.05, 0.1) is 11.6 Å². The molecule has 0 aromatic rings. The number of nitrogens with two attached hydrogens (primary N) is 1. The molecule has 1 heterocycles. The predicted molar refractivity (Wildman–Crippen MR) is 65.0 cm³/mol. The molecule has 0 amide bonds. The van der Waals surface area contributed by atoms with Crippen molar-refractivity contribution in [1.29, 1.82) is 0 Å². The summed E-state index contributed by atoms with van der Waals surface area (Å²) in [6, 6.07) is 0.175. The van der Waals surface area contributed by atoms with Crippen molar-refractivity contribution < 1.29 is 9.47 Å². The maximum absolute atomic E-state index is 5.96. The van der Waals surface area contributed by atoms with Gasteiger partial charge in [-0.05, 0) is 19.8 Å². The predicted octanol–water partition coefficient (Wildman–Crippen LogP) is 1.37. The van der Waals surface area contributed by atoms with Gasteiger partial charge in [0.15, 0.2) is 0 Å². The Morgan fingerprint density at radius 1 is 1.56 bits per heavy atom. The largest absolute Gasteiger partial charge is 0.381 e. The van der Waals surface area contributed by atoms with Gasteiger partial charge in [-0.15, -0.1) is 6.58 Å². The zero-order chi connectivity index (χ0) is 11.9. The summed E-state index contributed by atoms with van der Waals surface area (Å²) in [5.41, 5.74) is 2.74. The molecule has 4 heteroatoms. The summed E-state index contributed by atoms with van der Waals surface area (Å²) < 4.78 is 11.4. The van der Waals surface area contributed by atoms with E-state index in [9.17, 15) is 0 Å². The smallest absolute Gasteiger partial charge is 0.0891 e. The lowest BCUT2D eigenvalue weighted by atomic mass is 9.84. The molecule has 1 aliphatic rings. The number of rotatable bonds is 7. The summed E-state index contributed by atoms with van der Waals surface area (Å²) in [6.07, 6.45) is 5.65. The van der Waals surface area contributed by atoms with Crippen LogP contribution in [0.5, 0.6) is 0 Å². The van der Waals surface area contributed by atoms with Crippen LogP contribution >= 0.6 is 0 Å². The monoisotopic (exact) mass is 228 g/mol. The van der Waals surface area contributed by atoms with E-state index in [2.05, 4.69) is 12.0 Å². The zero-order valence-corrected chi connectivity index (χ0v) is 10.2. The van der Waals surface area contributed by atoms with E-state index in [1.54, 1.807) is 0 Å². The Morgan fingerprint density at radius 3 is 2.75 bits per heavy atom. The summed E-state index contributed by atoms with van der Waals surface area (Å²) in [4.78, 5) is 0. The van der Waals surface area contributed by atoms with Crippen LogP contribution in [0.1, 0.15) is 32.6 Å². The highest BCUT2D eigenvalue weighted by Crippen LogP contribution is 2.30. The van der Waals surface area contributed by atoms with E-state index in [-0.39, 0.29) is 11.6 Å². The van der Waals surface area contributed by atoms with Crippen molar-refractivity contribution in [2.75, 3.05) is 19.8 Å². The Kier molecular flexibility index (Phi) is 5.98. The molecular formula is C12H24N2O2. The van der Waals surface area contributed by atoms with Crippen molar-refractivity contribution in [3.63, 3.8) is 0 Å². The fourth-order valence-electron chi connectivity index (χ4n) is 2.38. The average Bonchev–Trinajstić information content (AvgIpc) is 2.31. The minimum atomic E-state index is -0.162. The minimum Gasteiger partial charge on any atom is -0.381 e. The van der Waals surface area contributed by atoms with Gasteiger partial charge in [0.1, 0.15) is 0 Å². The van der Waals surface area contributed by atoms with Gasteiger partial charge in [-0.2, -0.15) is 0 Å². The summed E-state index contributed by atoms with van der Waals surface area (Å²) in [7, 11) is 0. The molecule has 0 aliphatic carbocycles. The molecular weight excluding hydrogens is 204 g/mol. The number of ether oxygens (including phenoxy) is 2. The molecule has 1 fully saturated rings. The van der Waals surface area contributed by atoms with E-state index < -0.39 is 0 Å². The molecule has 3 N–H and O–H groups in total. The lowest BCUT2D eigenvalue weighted by Crippen LogP contribution is -2.57. The van der Waals surface area contributed by atoms with Gasteiger partial charge >= 0.3 is 0 Å². The van der Waals surface area contributed by atoms with Crippen molar-refractivity contribution in [2.24, 2.45) is 5.84 Å². The zero-order valence-electron chi connectivity index (χ0n) is 10.2. The second-order valence-electron chi connectivity index (χ2n) is 4.20. The highest BCUT2D eigenvalue weighted by atomic mass is 16.5. The maximum Gasteiger partial charge on any atom is 0.0891 e. The Hall–Kier alpha value is -0.420. The first kappa shape index (κ1) is 13.6. The molecule has 4 nitrogen and oxygen atoms in total. The number of hydrazine groups is 1. The number of nitrogens with one attached hydrogen (secondary N) is 1. The van der Waals surface area contributed by atoms with E-state index >= 15 is 0 Å². The lowest BCUT2D eigenvalue weighted by molar-refractivity contribution is -0.127. The molecule has 0 spiro atoms. The van der Waals surface area contributed by atoms with Gasteiger partial charge in [-0.25, -0.2) is 0 Å². The van der Waals surface area contributed by atoms with Crippen LogP contribution in [0.4, 0.5) is 0 Å². The Balaban J connectivity index is 2.66. The molecule has 94 valence electrons. The van der Waals surface area contributed by atoms with E-state index in [0.29, 0.717) is 6.61 Å². The molecule has 1 rings (SSSR count). The second-order valence-corrected chi connectivity index (χ2v) is 4.20. The van der Waals surface area contributed by atoms with Gasteiger partial charge in [-0.1, -0.05) is 6.08 Å². The standard InChI is InChI=1S/C12H24N2O2/c1-3-5-6-11(14-13)12(16-4-2)7-9-15-10-8-12/h3,11,14H,1,4-10,13H2,2H3. The number of hydrogen-bond donors (Lipinski definition) is 2. The van der Waals surface area contributed by atoms with Gasteiger partial charge in [0, 0.05) is 32.7 Å².